The van der Waals surface area contributed by atoms with Crippen LogP contribution in [0.4, 0.5) is 4.79 Å². The van der Waals surface area contributed by atoms with Crippen molar-refractivity contribution in [1.29, 1.82) is 0 Å². The third-order valence-electron chi connectivity index (χ3n) is 0.641. The van der Waals surface area contributed by atoms with Gasteiger partial charge in [0.1, 0.15) is 0 Å². The molecule has 0 heterocycles. The molecule has 12 heavy (non-hydrogen) atoms. The van der Waals surface area contributed by atoms with Crippen LogP contribution in [0.2, 0.25) is 0 Å². The van der Waals surface area contributed by atoms with Crippen molar-refractivity contribution in [3.05, 3.63) is 0 Å². The lowest BCUT2D eigenvalue weighted by atomic mass is 10.5. The molecule has 0 aliphatic rings. The molecular formula is C7H16MgO4. The van der Waals surface area contributed by atoms with Gasteiger partial charge in [-0.25, -0.2) is 4.79 Å². The van der Waals surface area contributed by atoms with E-state index in [1.54, 1.807) is 27.7 Å². The topological polar surface area (TPSA) is 44.8 Å². The van der Waals surface area contributed by atoms with E-state index in [9.17, 15) is 4.79 Å². The summed E-state index contributed by atoms with van der Waals surface area (Å²) >= 11 is 0. The fraction of sp³-hybridized carbons (Fsp3) is 0.857. The first kappa shape index (κ1) is 14.5. The van der Waals surface area contributed by atoms with Crippen molar-refractivity contribution in [3.63, 3.8) is 0 Å². The van der Waals surface area contributed by atoms with Gasteiger partial charge in [0.15, 0.2) is 0 Å². The van der Waals surface area contributed by atoms with E-state index in [1.807, 2.05) is 0 Å². The second kappa shape index (κ2) is 7.64. The van der Waals surface area contributed by atoms with Crippen LogP contribution < -0.4 is 0 Å². The van der Waals surface area contributed by atoms with E-state index < -0.39 is 6.16 Å². The highest BCUT2D eigenvalue weighted by molar-refractivity contribution is 5.75. The highest BCUT2D eigenvalue weighted by atomic mass is 24.3. The Balaban J connectivity index is 0. The standard InChI is InChI=1S/C7H14O4.Mg.2H/c1-5(2)9-7(8)11-10-6(3)4;;;/h5-6H,1-4H3;;;. The molecule has 0 spiro atoms. The van der Waals surface area contributed by atoms with Gasteiger partial charge in [-0.15, -0.1) is 0 Å². The van der Waals surface area contributed by atoms with Crippen molar-refractivity contribution >= 4 is 29.2 Å². The molecule has 0 saturated heterocycles. The molecule has 0 N–H and O–H groups in total. The molecule has 4 nitrogen and oxygen atoms in total. The average molecular weight is 189 g/mol. The third kappa shape index (κ3) is 10.00. The first-order valence-electron chi connectivity index (χ1n) is 3.56. The molecule has 0 atom stereocenters. The van der Waals surface area contributed by atoms with Crippen molar-refractivity contribution in [2.24, 2.45) is 0 Å². The highest BCUT2D eigenvalue weighted by Gasteiger charge is 2.08. The van der Waals surface area contributed by atoms with Gasteiger partial charge < -0.3 is 4.74 Å². The monoisotopic (exact) mass is 188 g/mol. The van der Waals surface area contributed by atoms with Gasteiger partial charge in [-0.3, -0.25) is 4.89 Å². The Morgan fingerprint density at radius 2 is 1.58 bits per heavy atom. The Morgan fingerprint density at radius 3 is 1.92 bits per heavy atom. The molecule has 0 amide bonds. The van der Waals surface area contributed by atoms with Crippen LogP contribution in [0.5, 0.6) is 0 Å². The maximum absolute atomic E-state index is 10.6. The fourth-order valence-corrected chi connectivity index (χ4v) is 0.348. The lowest BCUT2D eigenvalue weighted by Crippen LogP contribution is -2.15. The van der Waals surface area contributed by atoms with Gasteiger partial charge in [0.25, 0.3) is 0 Å². The van der Waals surface area contributed by atoms with E-state index in [0.717, 1.165) is 0 Å². The molecule has 0 saturated carbocycles. The predicted octanol–water partition coefficient (Wildman–Crippen LogP) is 0.972. The second-order valence-corrected chi connectivity index (χ2v) is 2.64. The SMILES string of the molecule is CC(C)OOC(=O)OC(C)C.[MgH2]. The number of rotatable bonds is 3. The molecule has 0 aliphatic carbocycles. The lowest BCUT2D eigenvalue weighted by molar-refractivity contribution is -0.279. The summed E-state index contributed by atoms with van der Waals surface area (Å²) in [4.78, 5) is 19.4. The average Bonchev–Trinajstić information content (AvgIpc) is 1.82. The third-order valence-corrected chi connectivity index (χ3v) is 0.641. The largest absolute Gasteiger partial charge is 0.540 e. The molecule has 0 fully saturated rings. The number of carbonyl (C=O) groups is 1. The number of carbonyl (C=O) groups excluding carboxylic acids is 1. The van der Waals surface area contributed by atoms with Gasteiger partial charge >= 0.3 is 29.2 Å². The van der Waals surface area contributed by atoms with Crippen LogP contribution in [0.25, 0.3) is 0 Å². The highest BCUT2D eigenvalue weighted by Crippen LogP contribution is 1.95. The summed E-state index contributed by atoms with van der Waals surface area (Å²) in [5, 5.41) is 0. The quantitative estimate of drug-likeness (QED) is 0.287. The van der Waals surface area contributed by atoms with Gasteiger partial charge in [0.2, 0.25) is 0 Å². The molecule has 70 valence electrons. The summed E-state index contributed by atoms with van der Waals surface area (Å²) < 4.78 is 4.61. The molecule has 0 rings (SSSR count). The Hall–Kier alpha value is -0.00377. The van der Waals surface area contributed by atoms with Crippen molar-refractivity contribution in [2.75, 3.05) is 0 Å². The summed E-state index contributed by atoms with van der Waals surface area (Å²) in [7, 11) is 0. The van der Waals surface area contributed by atoms with E-state index >= 15 is 0 Å². The van der Waals surface area contributed by atoms with Crippen LogP contribution >= 0.6 is 0 Å². The van der Waals surface area contributed by atoms with Gasteiger partial charge in [-0.1, -0.05) is 0 Å². The minimum absolute atomic E-state index is 0. The molecule has 0 radical (unpaired) electrons. The first-order chi connectivity index (χ1) is 5.02. The van der Waals surface area contributed by atoms with E-state index in [-0.39, 0.29) is 35.3 Å². The van der Waals surface area contributed by atoms with Crippen LogP contribution in [0.3, 0.4) is 0 Å². The summed E-state index contributed by atoms with van der Waals surface area (Å²) in [6, 6.07) is 0. The minimum atomic E-state index is -0.798. The van der Waals surface area contributed by atoms with Crippen LogP contribution in [0, 0.1) is 0 Å². The maximum atomic E-state index is 10.6. The summed E-state index contributed by atoms with van der Waals surface area (Å²) in [5.41, 5.74) is 0. The van der Waals surface area contributed by atoms with Gasteiger partial charge in [-0.2, -0.15) is 4.89 Å². The molecule has 0 bridgehead atoms. The molecule has 0 aromatic heterocycles. The Bertz CT molecular complexity index is 125. The van der Waals surface area contributed by atoms with Crippen LogP contribution in [0.1, 0.15) is 27.7 Å². The first-order valence-corrected chi connectivity index (χ1v) is 3.56. The van der Waals surface area contributed by atoms with Crippen LogP contribution in [-0.2, 0) is 14.5 Å². The van der Waals surface area contributed by atoms with Crippen molar-refractivity contribution in [2.45, 2.75) is 39.9 Å². The summed E-state index contributed by atoms with van der Waals surface area (Å²) in [6.45, 7) is 6.97. The zero-order chi connectivity index (χ0) is 8.85. The van der Waals surface area contributed by atoms with E-state index in [4.69, 9.17) is 0 Å². The fourth-order valence-electron chi connectivity index (χ4n) is 0.348. The van der Waals surface area contributed by atoms with E-state index in [0.29, 0.717) is 0 Å². The minimum Gasteiger partial charge on any atom is -0.430 e. The molecule has 0 unspecified atom stereocenters. The van der Waals surface area contributed by atoms with Gasteiger partial charge in [0.05, 0.1) is 12.2 Å². The molecule has 0 aromatic rings. The van der Waals surface area contributed by atoms with Crippen molar-refractivity contribution in [3.8, 4) is 0 Å². The predicted molar refractivity (Wildman–Crippen MR) is 47.5 cm³/mol. The Labute approximate surface area is 88.6 Å². The zero-order valence-electron chi connectivity index (χ0n) is 7.29. The lowest BCUT2D eigenvalue weighted by Gasteiger charge is -2.08. The van der Waals surface area contributed by atoms with Gasteiger partial charge in [0, 0.05) is 0 Å². The Kier molecular flexibility index (Phi) is 9.24. The van der Waals surface area contributed by atoms with E-state index in [2.05, 4.69) is 14.5 Å². The van der Waals surface area contributed by atoms with Crippen molar-refractivity contribution in [1.82, 2.24) is 0 Å². The smallest absolute Gasteiger partial charge is 0.430 e. The number of hydrogen-bond donors (Lipinski definition) is 0. The summed E-state index contributed by atoms with van der Waals surface area (Å²) in [6.07, 6.45) is -1.12. The second-order valence-electron chi connectivity index (χ2n) is 2.64. The normalized spacial score (nSPS) is 9.50. The van der Waals surface area contributed by atoms with Crippen LogP contribution in [-0.4, -0.2) is 41.4 Å². The molecule has 0 aliphatic heterocycles. The Morgan fingerprint density at radius 1 is 1.08 bits per heavy atom. The molecule has 0 aromatic carbocycles. The van der Waals surface area contributed by atoms with E-state index in [1.165, 1.54) is 0 Å². The maximum Gasteiger partial charge on any atom is 0.540 e. The van der Waals surface area contributed by atoms with Gasteiger partial charge in [-0.05, 0) is 27.7 Å². The summed E-state index contributed by atoms with van der Waals surface area (Å²) in [5.74, 6) is 0. The number of ether oxygens (including phenoxy) is 1. The van der Waals surface area contributed by atoms with Crippen LogP contribution in [0.15, 0.2) is 0 Å². The zero-order valence-corrected chi connectivity index (χ0v) is 7.29. The molecular weight excluding hydrogens is 172 g/mol. The van der Waals surface area contributed by atoms with Crippen molar-refractivity contribution < 1.29 is 19.3 Å². The number of hydrogen-bond acceptors (Lipinski definition) is 4. The molecule has 5 heteroatoms.